The van der Waals surface area contributed by atoms with Crippen molar-refractivity contribution in [3.8, 4) is 0 Å². The second kappa shape index (κ2) is 7.65. The topological polar surface area (TPSA) is 94.1 Å². The Labute approximate surface area is 186 Å². The fraction of sp³-hybridized carbons (Fsp3) is 0.0833. The van der Waals surface area contributed by atoms with Crippen LogP contribution >= 0.6 is 0 Å². The molecule has 160 valence electrons. The number of nitrogens with zero attached hydrogens (tertiary/aromatic N) is 4. The number of aryl methyl sites for hydroxylation is 1. The van der Waals surface area contributed by atoms with E-state index in [-0.39, 0.29) is 16.9 Å². The summed E-state index contributed by atoms with van der Waals surface area (Å²) in [6.07, 6.45) is 3.29. The summed E-state index contributed by atoms with van der Waals surface area (Å²) in [4.78, 5) is 4.53. The van der Waals surface area contributed by atoms with Gasteiger partial charge in [-0.25, -0.2) is 17.4 Å². The van der Waals surface area contributed by atoms with Gasteiger partial charge in [0.05, 0.1) is 10.6 Å². The number of hydrogen-bond acceptors (Lipinski definition) is 5. The summed E-state index contributed by atoms with van der Waals surface area (Å²) in [6.45, 7) is 1.73. The summed E-state index contributed by atoms with van der Waals surface area (Å²) in [7, 11) is -4.01. The summed E-state index contributed by atoms with van der Waals surface area (Å²) in [5, 5.41) is 4.37. The quantitative estimate of drug-likeness (QED) is 0.481. The van der Waals surface area contributed by atoms with Crippen molar-refractivity contribution in [2.24, 2.45) is 0 Å². The van der Waals surface area contributed by atoms with Crippen molar-refractivity contribution in [1.29, 1.82) is 0 Å². The van der Waals surface area contributed by atoms with Crippen LogP contribution in [0.25, 0.3) is 5.70 Å². The molecule has 4 aromatic rings. The Morgan fingerprint density at radius 1 is 0.938 bits per heavy atom. The van der Waals surface area contributed by atoms with Gasteiger partial charge in [-0.1, -0.05) is 60.7 Å². The van der Waals surface area contributed by atoms with E-state index < -0.39 is 10.0 Å². The number of anilines is 2. The highest BCUT2D eigenvalue weighted by Gasteiger charge is 2.38. The molecular formula is C24H21N5O2S. The van der Waals surface area contributed by atoms with Gasteiger partial charge in [0, 0.05) is 5.69 Å². The number of nitrogens with two attached hydrogens (primary N) is 1. The van der Waals surface area contributed by atoms with Gasteiger partial charge in [0.15, 0.2) is 0 Å². The van der Waals surface area contributed by atoms with Gasteiger partial charge in [-0.3, -0.25) is 0 Å². The SMILES string of the molecule is Cc1cc(N)ccc1S(=O)(=O)N1C(c2ccccc2)=CC(c2ccccc2)n2ncnc21. The number of rotatable bonds is 4. The van der Waals surface area contributed by atoms with E-state index in [0.29, 0.717) is 16.9 Å². The molecule has 0 spiro atoms. The number of sulfonamides is 1. The lowest BCUT2D eigenvalue weighted by Crippen LogP contribution is -2.36. The maximum absolute atomic E-state index is 14.0. The van der Waals surface area contributed by atoms with Crippen LogP contribution in [0.1, 0.15) is 22.7 Å². The zero-order valence-corrected chi connectivity index (χ0v) is 18.1. The summed E-state index contributed by atoms with van der Waals surface area (Å²) in [6, 6.07) is 23.7. The number of aromatic nitrogens is 3. The molecule has 0 radical (unpaired) electrons. The molecular weight excluding hydrogens is 422 g/mol. The van der Waals surface area contributed by atoms with Crippen molar-refractivity contribution in [2.75, 3.05) is 10.0 Å². The Kier molecular flexibility index (Phi) is 4.79. The Morgan fingerprint density at radius 2 is 1.62 bits per heavy atom. The molecule has 0 aliphatic carbocycles. The molecule has 0 amide bonds. The number of benzene rings is 3. The van der Waals surface area contributed by atoms with Gasteiger partial charge >= 0.3 is 0 Å². The molecule has 2 heterocycles. The summed E-state index contributed by atoms with van der Waals surface area (Å²) >= 11 is 0. The van der Waals surface area contributed by atoms with Crippen LogP contribution in [0.4, 0.5) is 11.6 Å². The third-order valence-corrected chi connectivity index (χ3v) is 7.32. The Bertz CT molecular complexity index is 1410. The van der Waals surface area contributed by atoms with Crippen LogP contribution in [0.5, 0.6) is 0 Å². The zero-order valence-electron chi connectivity index (χ0n) is 17.3. The molecule has 0 fully saturated rings. The van der Waals surface area contributed by atoms with Crippen LogP contribution in [0.3, 0.4) is 0 Å². The highest BCUT2D eigenvalue weighted by molar-refractivity contribution is 7.93. The first-order valence-electron chi connectivity index (χ1n) is 10.1. The summed E-state index contributed by atoms with van der Waals surface area (Å²) in [5.74, 6) is 0.233. The van der Waals surface area contributed by atoms with Crippen LogP contribution in [0, 0.1) is 6.92 Å². The zero-order chi connectivity index (χ0) is 22.3. The highest BCUT2D eigenvalue weighted by Crippen LogP contribution is 2.40. The first kappa shape index (κ1) is 20.0. The number of hydrogen-bond donors (Lipinski definition) is 1. The monoisotopic (exact) mass is 443 g/mol. The van der Waals surface area contributed by atoms with Gasteiger partial charge in [-0.05, 0) is 47.9 Å². The van der Waals surface area contributed by atoms with E-state index in [0.717, 1.165) is 11.1 Å². The summed E-state index contributed by atoms with van der Waals surface area (Å²) in [5.41, 5.74) is 9.20. The molecule has 0 bridgehead atoms. The van der Waals surface area contributed by atoms with Crippen LogP contribution in [0.2, 0.25) is 0 Å². The van der Waals surface area contributed by atoms with E-state index >= 15 is 0 Å². The highest BCUT2D eigenvalue weighted by atomic mass is 32.2. The van der Waals surface area contributed by atoms with Gasteiger partial charge in [-0.15, -0.1) is 0 Å². The maximum Gasteiger partial charge on any atom is 0.271 e. The fourth-order valence-corrected chi connectivity index (χ4v) is 5.66. The van der Waals surface area contributed by atoms with Gasteiger partial charge in [0.2, 0.25) is 5.95 Å². The normalized spacial score (nSPS) is 15.8. The molecule has 7 nitrogen and oxygen atoms in total. The predicted octanol–water partition coefficient (Wildman–Crippen LogP) is 4.01. The largest absolute Gasteiger partial charge is 0.399 e. The molecule has 1 unspecified atom stereocenters. The smallest absolute Gasteiger partial charge is 0.271 e. The van der Waals surface area contributed by atoms with Crippen molar-refractivity contribution in [2.45, 2.75) is 17.9 Å². The molecule has 0 saturated carbocycles. The third-order valence-electron chi connectivity index (χ3n) is 5.46. The molecule has 32 heavy (non-hydrogen) atoms. The molecule has 5 rings (SSSR count). The predicted molar refractivity (Wildman–Crippen MR) is 124 cm³/mol. The Hall–Kier alpha value is -3.91. The van der Waals surface area contributed by atoms with Gasteiger partial charge < -0.3 is 5.73 Å². The van der Waals surface area contributed by atoms with Crippen LogP contribution in [-0.4, -0.2) is 23.2 Å². The minimum Gasteiger partial charge on any atom is -0.399 e. The molecule has 1 aliphatic heterocycles. The maximum atomic E-state index is 14.0. The second-order valence-electron chi connectivity index (χ2n) is 7.57. The van der Waals surface area contributed by atoms with E-state index in [9.17, 15) is 8.42 Å². The van der Waals surface area contributed by atoms with E-state index in [2.05, 4.69) is 10.1 Å². The average Bonchev–Trinajstić information content (AvgIpc) is 3.28. The Morgan fingerprint density at radius 3 is 2.31 bits per heavy atom. The number of fused-ring (bicyclic) bond motifs is 1. The Balaban J connectivity index is 1.76. The molecule has 1 aliphatic rings. The van der Waals surface area contributed by atoms with Crippen LogP contribution in [-0.2, 0) is 10.0 Å². The lowest BCUT2D eigenvalue weighted by molar-refractivity contribution is 0.579. The molecule has 2 N–H and O–H groups in total. The van der Waals surface area contributed by atoms with Crippen LogP contribution < -0.4 is 10.0 Å². The van der Waals surface area contributed by atoms with Gasteiger partial charge in [0.25, 0.3) is 10.0 Å². The van der Waals surface area contributed by atoms with Gasteiger partial charge in [-0.2, -0.15) is 10.1 Å². The average molecular weight is 444 g/mol. The van der Waals surface area contributed by atoms with Crippen molar-refractivity contribution in [3.05, 3.63) is 108 Å². The fourth-order valence-electron chi connectivity index (χ4n) is 3.99. The minimum absolute atomic E-state index is 0.168. The first-order chi connectivity index (χ1) is 15.5. The molecule has 8 heteroatoms. The van der Waals surface area contributed by atoms with E-state index in [1.54, 1.807) is 23.7 Å². The molecule has 3 aromatic carbocycles. The molecule has 0 saturated heterocycles. The second-order valence-corrected chi connectivity index (χ2v) is 9.33. The molecule has 1 aromatic heterocycles. The van der Waals surface area contributed by atoms with Crippen molar-refractivity contribution < 1.29 is 8.42 Å². The minimum atomic E-state index is -4.01. The standard InChI is InChI=1S/C24H21N5O2S/c1-17-14-20(25)12-13-23(17)32(30,31)29-22(19-10-6-3-7-11-19)15-21(18-8-4-2-5-9-18)28-24(29)26-16-27-28/h2-16,21H,25H2,1H3. The van der Waals surface area contributed by atoms with Gasteiger partial charge in [0.1, 0.15) is 12.4 Å². The number of allylic oxidation sites excluding steroid dienone is 1. The molecule has 1 atom stereocenters. The van der Waals surface area contributed by atoms with Crippen molar-refractivity contribution in [1.82, 2.24) is 14.8 Å². The van der Waals surface area contributed by atoms with Crippen molar-refractivity contribution in [3.63, 3.8) is 0 Å². The lowest BCUT2D eigenvalue weighted by Gasteiger charge is -2.33. The van der Waals surface area contributed by atoms with E-state index in [1.165, 1.54) is 16.7 Å². The first-order valence-corrected chi connectivity index (χ1v) is 11.5. The van der Waals surface area contributed by atoms with Crippen molar-refractivity contribution >= 4 is 27.4 Å². The van der Waals surface area contributed by atoms with Crippen LogP contribution in [0.15, 0.2) is 96.2 Å². The van der Waals surface area contributed by atoms with E-state index in [1.807, 2.05) is 66.7 Å². The third kappa shape index (κ3) is 3.25. The lowest BCUT2D eigenvalue weighted by atomic mass is 10.0. The number of nitrogen functional groups attached to an aromatic ring is 1. The summed E-state index contributed by atoms with van der Waals surface area (Å²) < 4.78 is 30.8. The van der Waals surface area contributed by atoms with E-state index in [4.69, 9.17) is 5.73 Å².